The molecule has 4 nitrogen and oxygen atoms in total. The van der Waals surface area contributed by atoms with E-state index in [4.69, 9.17) is 5.11 Å². The first-order valence-corrected chi connectivity index (χ1v) is 6.69. The first kappa shape index (κ1) is 15.5. The second kappa shape index (κ2) is 6.56. The van der Waals surface area contributed by atoms with E-state index in [1.54, 1.807) is 6.92 Å². The number of carboxylic acid groups (broad SMARTS) is 1. The minimum atomic E-state index is -1.12. The molecule has 104 valence electrons. The van der Waals surface area contributed by atoms with Gasteiger partial charge in [0.1, 0.15) is 5.82 Å². The maximum Gasteiger partial charge on any atom is 0.335 e. The molecule has 0 aliphatic heterocycles. The summed E-state index contributed by atoms with van der Waals surface area (Å²) in [6, 6.07) is 3.53. The number of amides is 1. The van der Waals surface area contributed by atoms with E-state index in [1.807, 2.05) is 13.8 Å². The molecule has 0 radical (unpaired) electrons. The van der Waals surface area contributed by atoms with Crippen LogP contribution in [0, 0.1) is 5.82 Å². The van der Waals surface area contributed by atoms with E-state index in [0.717, 1.165) is 17.8 Å². The number of carboxylic acids is 1. The van der Waals surface area contributed by atoms with E-state index in [0.29, 0.717) is 0 Å². The normalized spacial score (nSPS) is 12.3. The quantitative estimate of drug-likeness (QED) is 0.816. The maximum absolute atomic E-state index is 13.6. The molecule has 0 fully saturated rings. The van der Waals surface area contributed by atoms with Gasteiger partial charge in [0.15, 0.2) is 0 Å². The molecule has 1 unspecified atom stereocenters. The number of carbonyl (C=O) groups is 2. The first-order chi connectivity index (χ1) is 8.81. The van der Waals surface area contributed by atoms with E-state index in [-0.39, 0.29) is 22.4 Å². The molecule has 1 aromatic rings. The summed E-state index contributed by atoms with van der Waals surface area (Å²) in [5.41, 5.74) is 0.000341. The molecule has 0 saturated heterocycles. The van der Waals surface area contributed by atoms with Gasteiger partial charge in [0.2, 0.25) is 5.91 Å². The molecule has 0 aliphatic rings. The first-order valence-electron chi connectivity index (χ1n) is 5.81. The predicted octanol–water partition coefficient (Wildman–Crippen LogP) is 2.53. The van der Waals surface area contributed by atoms with Gasteiger partial charge in [-0.15, -0.1) is 11.8 Å². The number of benzene rings is 1. The zero-order chi connectivity index (χ0) is 14.6. The van der Waals surface area contributed by atoms with Crippen molar-refractivity contribution in [3.63, 3.8) is 0 Å². The second-order valence-electron chi connectivity index (χ2n) is 4.37. The van der Waals surface area contributed by atoms with Gasteiger partial charge < -0.3 is 10.4 Å². The summed E-state index contributed by atoms with van der Waals surface area (Å²) in [4.78, 5) is 22.7. The van der Waals surface area contributed by atoms with Gasteiger partial charge in [-0.05, 0) is 39.0 Å². The van der Waals surface area contributed by atoms with Crippen molar-refractivity contribution in [2.75, 3.05) is 0 Å². The zero-order valence-electron chi connectivity index (χ0n) is 10.9. The Morgan fingerprint density at radius 3 is 2.47 bits per heavy atom. The van der Waals surface area contributed by atoms with E-state index in [2.05, 4.69) is 5.32 Å². The van der Waals surface area contributed by atoms with Crippen LogP contribution < -0.4 is 5.32 Å². The van der Waals surface area contributed by atoms with Crippen molar-refractivity contribution in [1.29, 1.82) is 0 Å². The molecule has 0 saturated carbocycles. The molecule has 0 heterocycles. The van der Waals surface area contributed by atoms with Crippen LogP contribution in [0.4, 0.5) is 4.39 Å². The van der Waals surface area contributed by atoms with Crippen LogP contribution >= 0.6 is 11.8 Å². The molecule has 0 bridgehead atoms. The lowest BCUT2D eigenvalue weighted by atomic mass is 10.2. The Hall–Kier alpha value is -1.56. The van der Waals surface area contributed by atoms with Gasteiger partial charge in [0.05, 0.1) is 10.8 Å². The number of thioether (sulfide) groups is 1. The largest absolute Gasteiger partial charge is 0.478 e. The van der Waals surface area contributed by atoms with Gasteiger partial charge >= 0.3 is 5.97 Å². The average Bonchev–Trinajstić information content (AvgIpc) is 2.30. The Labute approximate surface area is 115 Å². The lowest BCUT2D eigenvalue weighted by molar-refractivity contribution is -0.120. The second-order valence-corrected chi connectivity index (χ2v) is 5.76. The van der Waals surface area contributed by atoms with Crippen molar-refractivity contribution in [2.45, 2.75) is 37.0 Å². The Morgan fingerprint density at radius 1 is 1.32 bits per heavy atom. The molecule has 0 aromatic heterocycles. The van der Waals surface area contributed by atoms with Crippen LogP contribution in [0.2, 0.25) is 0 Å². The van der Waals surface area contributed by atoms with Gasteiger partial charge in [-0.2, -0.15) is 0 Å². The van der Waals surface area contributed by atoms with Crippen molar-refractivity contribution < 1.29 is 19.1 Å². The highest BCUT2D eigenvalue weighted by Gasteiger charge is 2.18. The van der Waals surface area contributed by atoms with Crippen molar-refractivity contribution in [3.8, 4) is 0 Å². The van der Waals surface area contributed by atoms with Crippen molar-refractivity contribution >= 4 is 23.6 Å². The van der Waals surface area contributed by atoms with Crippen LogP contribution in [0.25, 0.3) is 0 Å². The summed E-state index contributed by atoms with van der Waals surface area (Å²) < 4.78 is 13.6. The topological polar surface area (TPSA) is 66.4 Å². The van der Waals surface area contributed by atoms with Crippen LogP contribution in [0.15, 0.2) is 23.1 Å². The standard InChI is InChI=1S/C13H16FNO3S/c1-7(2)15-12(16)8(3)19-11-6-9(13(17)18)4-5-10(11)14/h4-8H,1-3H3,(H,15,16)(H,17,18). The molecule has 1 aromatic carbocycles. The monoisotopic (exact) mass is 285 g/mol. The number of hydrogen-bond donors (Lipinski definition) is 2. The maximum atomic E-state index is 13.6. The lowest BCUT2D eigenvalue weighted by Crippen LogP contribution is -2.35. The van der Waals surface area contributed by atoms with Crippen molar-refractivity contribution in [3.05, 3.63) is 29.6 Å². The number of aromatic carboxylic acids is 1. The molecule has 0 spiro atoms. The Balaban J connectivity index is 2.84. The minimum absolute atomic E-state index is 0.000341. The summed E-state index contributed by atoms with van der Waals surface area (Å²) in [5, 5.41) is 11.1. The molecule has 1 atom stereocenters. The predicted molar refractivity (Wildman–Crippen MR) is 72.0 cm³/mol. The molecule has 1 amide bonds. The van der Waals surface area contributed by atoms with Crippen LogP contribution in [0.1, 0.15) is 31.1 Å². The van der Waals surface area contributed by atoms with Gasteiger partial charge in [0.25, 0.3) is 0 Å². The van der Waals surface area contributed by atoms with E-state index in [1.165, 1.54) is 12.1 Å². The minimum Gasteiger partial charge on any atom is -0.478 e. The third kappa shape index (κ3) is 4.55. The third-order valence-corrected chi connectivity index (χ3v) is 3.42. The smallest absolute Gasteiger partial charge is 0.335 e. The van der Waals surface area contributed by atoms with Gasteiger partial charge in [-0.25, -0.2) is 9.18 Å². The van der Waals surface area contributed by atoms with Crippen LogP contribution in [0.5, 0.6) is 0 Å². The number of nitrogens with one attached hydrogen (secondary N) is 1. The molecule has 2 N–H and O–H groups in total. The highest BCUT2D eigenvalue weighted by Crippen LogP contribution is 2.27. The van der Waals surface area contributed by atoms with Crippen LogP contribution in [0.3, 0.4) is 0 Å². The molecule has 6 heteroatoms. The van der Waals surface area contributed by atoms with Gasteiger partial charge in [0, 0.05) is 10.9 Å². The Bertz CT molecular complexity index is 491. The summed E-state index contributed by atoms with van der Waals surface area (Å²) in [6.45, 7) is 5.32. The zero-order valence-corrected chi connectivity index (χ0v) is 11.8. The highest BCUT2D eigenvalue weighted by molar-refractivity contribution is 8.00. The summed E-state index contributed by atoms with van der Waals surface area (Å²) in [6.07, 6.45) is 0. The van der Waals surface area contributed by atoms with E-state index in [9.17, 15) is 14.0 Å². The fourth-order valence-electron chi connectivity index (χ4n) is 1.37. The average molecular weight is 285 g/mol. The Morgan fingerprint density at radius 2 is 1.95 bits per heavy atom. The number of carbonyl (C=O) groups excluding carboxylic acids is 1. The molecule has 19 heavy (non-hydrogen) atoms. The fourth-order valence-corrected chi connectivity index (χ4v) is 2.30. The van der Waals surface area contributed by atoms with Crippen LogP contribution in [-0.2, 0) is 4.79 Å². The molecular weight excluding hydrogens is 269 g/mol. The van der Waals surface area contributed by atoms with E-state index < -0.39 is 17.0 Å². The SMILES string of the molecule is CC(C)NC(=O)C(C)Sc1cc(C(=O)O)ccc1F. The fraction of sp³-hybridized carbons (Fsp3) is 0.385. The summed E-state index contributed by atoms with van der Waals surface area (Å²) >= 11 is 1.00. The van der Waals surface area contributed by atoms with Crippen molar-refractivity contribution in [1.82, 2.24) is 5.32 Å². The lowest BCUT2D eigenvalue weighted by Gasteiger charge is -2.14. The number of halogens is 1. The van der Waals surface area contributed by atoms with Gasteiger partial charge in [-0.3, -0.25) is 4.79 Å². The Kier molecular flexibility index (Phi) is 5.35. The number of rotatable bonds is 5. The molecule has 1 rings (SSSR count). The van der Waals surface area contributed by atoms with Crippen LogP contribution in [-0.4, -0.2) is 28.3 Å². The highest BCUT2D eigenvalue weighted by atomic mass is 32.2. The summed E-state index contributed by atoms with van der Waals surface area (Å²) in [5.74, 6) is -1.86. The van der Waals surface area contributed by atoms with Crippen molar-refractivity contribution in [2.24, 2.45) is 0 Å². The number of hydrogen-bond acceptors (Lipinski definition) is 3. The van der Waals surface area contributed by atoms with E-state index >= 15 is 0 Å². The molecule has 0 aliphatic carbocycles. The summed E-state index contributed by atoms with van der Waals surface area (Å²) in [7, 11) is 0. The molecular formula is C13H16FNO3S. The van der Waals surface area contributed by atoms with Gasteiger partial charge in [-0.1, -0.05) is 0 Å². The third-order valence-electron chi connectivity index (χ3n) is 2.28.